The van der Waals surface area contributed by atoms with Crippen LogP contribution in [-0.2, 0) is 6.54 Å². The van der Waals surface area contributed by atoms with Crippen LogP contribution in [0, 0.1) is 6.92 Å². The molecule has 0 saturated carbocycles. The SMILES string of the molecule is Cc1cccc(C(=O)NCCCn2cccc2)c1. The first-order valence-electron chi connectivity index (χ1n) is 6.21. The molecule has 94 valence electrons. The van der Waals surface area contributed by atoms with Gasteiger partial charge in [-0.25, -0.2) is 0 Å². The molecule has 0 aliphatic rings. The van der Waals surface area contributed by atoms with E-state index in [0.717, 1.165) is 24.1 Å². The molecule has 2 aromatic rings. The van der Waals surface area contributed by atoms with Crippen LogP contribution in [0.25, 0.3) is 0 Å². The van der Waals surface area contributed by atoms with Gasteiger partial charge < -0.3 is 9.88 Å². The number of nitrogens with one attached hydrogen (secondary N) is 1. The first-order chi connectivity index (χ1) is 8.75. The lowest BCUT2D eigenvalue weighted by molar-refractivity contribution is 0.0952. The van der Waals surface area contributed by atoms with Crippen LogP contribution in [0.1, 0.15) is 22.3 Å². The highest BCUT2D eigenvalue weighted by Gasteiger charge is 2.03. The summed E-state index contributed by atoms with van der Waals surface area (Å²) in [6.45, 7) is 3.62. The maximum absolute atomic E-state index is 11.8. The molecular weight excluding hydrogens is 224 g/mol. The summed E-state index contributed by atoms with van der Waals surface area (Å²) in [5, 5.41) is 2.94. The van der Waals surface area contributed by atoms with Gasteiger partial charge in [-0.1, -0.05) is 17.7 Å². The lowest BCUT2D eigenvalue weighted by atomic mass is 10.1. The van der Waals surface area contributed by atoms with Crippen molar-refractivity contribution < 1.29 is 4.79 Å². The molecule has 0 aliphatic carbocycles. The smallest absolute Gasteiger partial charge is 0.251 e. The minimum absolute atomic E-state index is 0.00575. The number of hydrogen-bond donors (Lipinski definition) is 1. The summed E-state index contributed by atoms with van der Waals surface area (Å²) >= 11 is 0. The minimum atomic E-state index is 0.00575. The predicted octanol–water partition coefficient (Wildman–Crippen LogP) is 2.62. The van der Waals surface area contributed by atoms with Crippen molar-refractivity contribution in [2.24, 2.45) is 0 Å². The Labute approximate surface area is 107 Å². The maximum Gasteiger partial charge on any atom is 0.251 e. The molecular formula is C15H18N2O. The van der Waals surface area contributed by atoms with Gasteiger partial charge in [0, 0.05) is 31.0 Å². The zero-order valence-electron chi connectivity index (χ0n) is 10.6. The van der Waals surface area contributed by atoms with Crippen molar-refractivity contribution in [2.75, 3.05) is 6.54 Å². The molecule has 1 aromatic heterocycles. The number of aromatic nitrogens is 1. The fourth-order valence-electron chi connectivity index (χ4n) is 1.87. The minimum Gasteiger partial charge on any atom is -0.354 e. The van der Waals surface area contributed by atoms with Crippen molar-refractivity contribution in [2.45, 2.75) is 19.9 Å². The molecule has 0 spiro atoms. The van der Waals surface area contributed by atoms with Gasteiger partial charge in [-0.15, -0.1) is 0 Å². The summed E-state index contributed by atoms with van der Waals surface area (Å²) in [6, 6.07) is 11.7. The maximum atomic E-state index is 11.8. The Bertz CT molecular complexity index is 503. The number of hydrogen-bond acceptors (Lipinski definition) is 1. The van der Waals surface area contributed by atoms with E-state index >= 15 is 0 Å². The molecule has 1 aromatic carbocycles. The van der Waals surface area contributed by atoms with Gasteiger partial charge in [0.15, 0.2) is 0 Å². The average molecular weight is 242 g/mol. The van der Waals surface area contributed by atoms with Crippen molar-refractivity contribution >= 4 is 5.91 Å². The molecule has 0 unspecified atom stereocenters. The van der Waals surface area contributed by atoms with Crippen LogP contribution in [0.2, 0.25) is 0 Å². The first-order valence-corrected chi connectivity index (χ1v) is 6.21. The lowest BCUT2D eigenvalue weighted by Crippen LogP contribution is -2.25. The number of carbonyl (C=O) groups is 1. The van der Waals surface area contributed by atoms with Crippen LogP contribution in [-0.4, -0.2) is 17.0 Å². The second-order valence-electron chi connectivity index (χ2n) is 4.40. The van der Waals surface area contributed by atoms with E-state index in [-0.39, 0.29) is 5.91 Å². The largest absolute Gasteiger partial charge is 0.354 e. The van der Waals surface area contributed by atoms with Gasteiger partial charge in [0.2, 0.25) is 0 Å². The quantitative estimate of drug-likeness (QED) is 0.803. The van der Waals surface area contributed by atoms with Gasteiger partial charge in [-0.05, 0) is 37.6 Å². The highest BCUT2D eigenvalue weighted by Crippen LogP contribution is 2.03. The number of nitrogens with zero attached hydrogens (tertiary/aromatic N) is 1. The van der Waals surface area contributed by atoms with E-state index in [4.69, 9.17) is 0 Å². The van der Waals surface area contributed by atoms with E-state index in [0.29, 0.717) is 6.54 Å². The molecule has 0 atom stereocenters. The molecule has 0 bridgehead atoms. The van der Waals surface area contributed by atoms with Crippen molar-refractivity contribution in [1.29, 1.82) is 0 Å². The van der Waals surface area contributed by atoms with Crippen molar-refractivity contribution in [3.8, 4) is 0 Å². The summed E-state index contributed by atoms with van der Waals surface area (Å²) in [7, 11) is 0. The van der Waals surface area contributed by atoms with E-state index in [2.05, 4.69) is 9.88 Å². The molecule has 0 fully saturated rings. The molecule has 3 heteroatoms. The van der Waals surface area contributed by atoms with Gasteiger partial charge in [0.25, 0.3) is 5.91 Å². The van der Waals surface area contributed by atoms with Crippen LogP contribution < -0.4 is 5.32 Å². The summed E-state index contributed by atoms with van der Waals surface area (Å²) < 4.78 is 2.11. The molecule has 1 amide bonds. The van der Waals surface area contributed by atoms with E-state index in [1.54, 1.807) is 0 Å². The lowest BCUT2D eigenvalue weighted by Gasteiger charge is -2.06. The molecule has 1 N–H and O–H groups in total. The Hall–Kier alpha value is -2.03. The summed E-state index contributed by atoms with van der Waals surface area (Å²) in [5.74, 6) is 0.00575. The van der Waals surface area contributed by atoms with Gasteiger partial charge in [0.05, 0.1) is 0 Å². The van der Waals surface area contributed by atoms with E-state index in [1.807, 2.05) is 55.7 Å². The predicted molar refractivity (Wildman–Crippen MR) is 72.6 cm³/mol. The molecule has 3 nitrogen and oxygen atoms in total. The molecule has 0 aliphatic heterocycles. The summed E-state index contributed by atoms with van der Waals surface area (Å²) in [5.41, 5.74) is 1.84. The third-order valence-electron chi connectivity index (χ3n) is 2.83. The molecule has 0 saturated heterocycles. The highest BCUT2D eigenvalue weighted by molar-refractivity contribution is 5.94. The number of amides is 1. The van der Waals surface area contributed by atoms with Crippen LogP contribution in [0.5, 0.6) is 0 Å². The van der Waals surface area contributed by atoms with Gasteiger partial charge >= 0.3 is 0 Å². The van der Waals surface area contributed by atoms with Crippen LogP contribution in [0.4, 0.5) is 0 Å². The van der Waals surface area contributed by atoms with Crippen molar-refractivity contribution in [3.05, 3.63) is 59.9 Å². The number of benzene rings is 1. The van der Waals surface area contributed by atoms with Crippen molar-refractivity contribution in [1.82, 2.24) is 9.88 Å². The van der Waals surface area contributed by atoms with Gasteiger partial charge in [-0.3, -0.25) is 4.79 Å². The van der Waals surface area contributed by atoms with Crippen LogP contribution in [0.15, 0.2) is 48.8 Å². The Morgan fingerprint density at radius 2 is 2.00 bits per heavy atom. The van der Waals surface area contributed by atoms with E-state index in [1.165, 1.54) is 0 Å². The molecule has 18 heavy (non-hydrogen) atoms. The van der Waals surface area contributed by atoms with Crippen LogP contribution >= 0.6 is 0 Å². The second kappa shape index (κ2) is 6.05. The Morgan fingerprint density at radius 3 is 2.72 bits per heavy atom. The number of carbonyl (C=O) groups excluding carboxylic acids is 1. The molecule has 1 heterocycles. The monoisotopic (exact) mass is 242 g/mol. The highest BCUT2D eigenvalue weighted by atomic mass is 16.1. The average Bonchev–Trinajstić information content (AvgIpc) is 2.87. The van der Waals surface area contributed by atoms with Gasteiger partial charge in [-0.2, -0.15) is 0 Å². The third-order valence-corrected chi connectivity index (χ3v) is 2.83. The third kappa shape index (κ3) is 3.48. The fourth-order valence-corrected chi connectivity index (χ4v) is 1.87. The normalized spacial score (nSPS) is 10.3. The van der Waals surface area contributed by atoms with Gasteiger partial charge in [0.1, 0.15) is 0 Å². The molecule has 2 rings (SSSR count). The standard InChI is InChI=1S/C15H18N2O/c1-13-6-4-7-14(12-13)15(18)16-8-5-11-17-9-2-3-10-17/h2-4,6-7,9-10,12H,5,8,11H2,1H3,(H,16,18). The van der Waals surface area contributed by atoms with E-state index < -0.39 is 0 Å². The number of rotatable bonds is 5. The Balaban J connectivity index is 1.75. The van der Waals surface area contributed by atoms with E-state index in [9.17, 15) is 4.79 Å². The zero-order valence-corrected chi connectivity index (χ0v) is 10.6. The van der Waals surface area contributed by atoms with Crippen molar-refractivity contribution in [3.63, 3.8) is 0 Å². The Morgan fingerprint density at radius 1 is 1.22 bits per heavy atom. The topological polar surface area (TPSA) is 34.0 Å². The first kappa shape index (κ1) is 12.4. The molecule has 0 radical (unpaired) electrons. The summed E-state index contributed by atoms with van der Waals surface area (Å²) in [6.07, 6.45) is 5.00. The zero-order chi connectivity index (χ0) is 12.8. The summed E-state index contributed by atoms with van der Waals surface area (Å²) in [4.78, 5) is 11.8. The van der Waals surface area contributed by atoms with Crippen LogP contribution in [0.3, 0.4) is 0 Å². The Kier molecular flexibility index (Phi) is 4.18. The number of aryl methyl sites for hydroxylation is 2. The fraction of sp³-hybridized carbons (Fsp3) is 0.267. The second-order valence-corrected chi connectivity index (χ2v) is 4.40.